The second-order valence-corrected chi connectivity index (χ2v) is 6.08. The summed E-state index contributed by atoms with van der Waals surface area (Å²) < 4.78 is 20.9. The average molecular weight is 240 g/mol. The van der Waals surface area contributed by atoms with E-state index in [9.17, 15) is 13.2 Å². The number of benzene rings is 1. The van der Waals surface area contributed by atoms with E-state index in [0.29, 0.717) is 11.5 Å². The van der Waals surface area contributed by atoms with E-state index < -0.39 is 9.84 Å². The lowest BCUT2D eigenvalue weighted by atomic mass is 10.2. The van der Waals surface area contributed by atoms with Crippen LogP contribution in [0, 0.1) is 0 Å². The zero-order valence-corrected chi connectivity index (χ0v) is 10.2. The van der Waals surface area contributed by atoms with Crippen molar-refractivity contribution in [2.75, 3.05) is 11.5 Å². The zero-order valence-electron chi connectivity index (χ0n) is 9.35. The number of sulfone groups is 1. The van der Waals surface area contributed by atoms with Crippen molar-refractivity contribution in [1.29, 1.82) is 0 Å². The van der Waals surface area contributed by atoms with Gasteiger partial charge in [0.05, 0.1) is 11.5 Å². The van der Waals surface area contributed by atoms with E-state index in [2.05, 4.69) is 0 Å². The van der Waals surface area contributed by atoms with Gasteiger partial charge in [-0.25, -0.2) is 8.42 Å². The van der Waals surface area contributed by atoms with Gasteiger partial charge in [0.25, 0.3) is 0 Å². The van der Waals surface area contributed by atoms with Crippen LogP contribution in [-0.2, 0) is 9.84 Å². The maximum absolute atomic E-state index is 10.6. The van der Waals surface area contributed by atoms with E-state index >= 15 is 0 Å². The Morgan fingerprint density at radius 2 is 1.56 bits per heavy atom. The van der Waals surface area contributed by atoms with Crippen LogP contribution in [0.4, 0.5) is 0 Å². The molecular formula is C12H16O3S. The normalized spacial score (nSPS) is 17.3. The van der Waals surface area contributed by atoms with Crippen molar-refractivity contribution >= 4 is 15.6 Å². The molecule has 1 aliphatic rings. The van der Waals surface area contributed by atoms with E-state index in [-0.39, 0.29) is 5.78 Å². The first kappa shape index (κ1) is 12.9. The number of carbonyl (C=O) groups is 1. The number of carbonyl (C=O) groups excluding carboxylic acids is 1. The highest BCUT2D eigenvalue weighted by atomic mass is 32.2. The SMILES string of the molecule is CC(=O)c1ccccc1.O=S1(=O)CCCC1. The van der Waals surface area contributed by atoms with Crippen molar-refractivity contribution in [2.24, 2.45) is 0 Å². The third kappa shape index (κ3) is 4.57. The maximum atomic E-state index is 10.6. The number of rotatable bonds is 1. The molecule has 0 amide bonds. The van der Waals surface area contributed by atoms with E-state index in [1.165, 1.54) is 0 Å². The molecule has 1 heterocycles. The van der Waals surface area contributed by atoms with Gasteiger partial charge in [0, 0.05) is 5.56 Å². The molecule has 1 aliphatic heterocycles. The molecular weight excluding hydrogens is 224 g/mol. The summed E-state index contributed by atoms with van der Waals surface area (Å²) in [7, 11) is -2.55. The molecule has 0 aromatic heterocycles. The van der Waals surface area contributed by atoms with E-state index in [0.717, 1.165) is 18.4 Å². The molecule has 1 aromatic carbocycles. The molecule has 16 heavy (non-hydrogen) atoms. The third-order valence-corrected chi connectivity index (χ3v) is 4.16. The van der Waals surface area contributed by atoms with Crippen LogP contribution in [0.5, 0.6) is 0 Å². The monoisotopic (exact) mass is 240 g/mol. The number of ketones is 1. The van der Waals surface area contributed by atoms with Crippen LogP contribution >= 0.6 is 0 Å². The lowest BCUT2D eigenvalue weighted by molar-refractivity contribution is 0.101. The summed E-state index contributed by atoms with van der Waals surface area (Å²) >= 11 is 0. The molecule has 0 radical (unpaired) electrons. The van der Waals surface area contributed by atoms with Crippen LogP contribution in [0.1, 0.15) is 30.1 Å². The molecule has 0 aliphatic carbocycles. The second kappa shape index (κ2) is 5.80. The minimum atomic E-state index is -2.55. The molecule has 4 heteroatoms. The van der Waals surface area contributed by atoms with Crippen molar-refractivity contribution in [1.82, 2.24) is 0 Å². The van der Waals surface area contributed by atoms with Crippen molar-refractivity contribution in [2.45, 2.75) is 19.8 Å². The van der Waals surface area contributed by atoms with E-state index in [1.807, 2.05) is 30.3 Å². The van der Waals surface area contributed by atoms with Crippen molar-refractivity contribution in [3.63, 3.8) is 0 Å². The smallest absolute Gasteiger partial charge is 0.159 e. The predicted octanol–water partition coefficient (Wildman–Crippen LogP) is 2.08. The highest BCUT2D eigenvalue weighted by Gasteiger charge is 2.16. The van der Waals surface area contributed by atoms with Gasteiger partial charge in [0.2, 0.25) is 0 Å². The molecule has 1 saturated heterocycles. The summed E-state index contributed by atoms with van der Waals surface area (Å²) in [6.45, 7) is 1.56. The predicted molar refractivity (Wildman–Crippen MR) is 64.3 cm³/mol. The standard InChI is InChI=1S/C8H8O.C4H8O2S/c1-7(9)8-5-3-2-4-6-8;5-7(6)3-1-2-4-7/h2-6H,1H3;1-4H2. The van der Waals surface area contributed by atoms with Gasteiger partial charge in [-0.1, -0.05) is 30.3 Å². The molecule has 0 unspecified atom stereocenters. The Bertz CT molecular complexity index is 423. The summed E-state index contributed by atoms with van der Waals surface area (Å²) in [6, 6.07) is 9.23. The molecule has 0 N–H and O–H groups in total. The topological polar surface area (TPSA) is 51.2 Å². The summed E-state index contributed by atoms with van der Waals surface area (Å²) in [5.74, 6) is 0.968. The van der Waals surface area contributed by atoms with E-state index in [1.54, 1.807) is 6.92 Å². The van der Waals surface area contributed by atoms with Gasteiger partial charge in [0.15, 0.2) is 5.78 Å². The lowest BCUT2D eigenvalue weighted by Gasteiger charge is -1.89. The minimum absolute atomic E-state index is 0.121. The van der Waals surface area contributed by atoms with Gasteiger partial charge in [-0.15, -0.1) is 0 Å². The quantitative estimate of drug-likeness (QED) is 0.706. The van der Waals surface area contributed by atoms with Gasteiger partial charge in [0.1, 0.15) is 9.84 Å². The Labute approximate surface area is 96.4 Å². The zero-order chi connectivity index (χ0) is 12.0. The Hall–Kier alpha value is -1.16. The molecule has 0 spiro atoms. The maximum Gasteiger partial charge on any atom is 0.159 e. The third-order valence-electron chi connectivity index (χ3n) is 2.34. The van der Waals surface area contributed by atoms with Gasteiger partial charge >= 0.3 is 0 Å². The minimum Gasteiger partial charge on any atom is -0.295 e. The molecule has 0 saturated carbocycles. The van der Waals surface area contributed by atoms with Gasteiger partial charge < -0.3 is 0 Å². The highest BCUT2D eigenvalue weighted by Crippen LogP contribution is 2.08. The van der Waals surface area contributed by atoms with Crippen molar-refractivity contribution in [3.05, 3.63) is 35.9 Å². The molecule has 1 fully saturated rings. The average Bonchev–Trinajstić information content (AvgIpc) is 2.65. The highest BCUT2D eigenvalue weighted by molar-refractivity contribution is 7.91. The number of hydrogen-bond acceptors (Lipinski definition) is 3. The Morgan fingerprint density at radius 1 is 1.06 bits per heavy atom. The number of Topliss-reactive ketones (excluding diaryl/α,β-unsaturated/α-hetero) is 1. The van der Waals surface area contributed by atoms with Crippen LogP contribution in [0.25, 0.3) is 0 Å². The summed E-state index contributed by atoms with van der Waals surface area (Å²) in [5.41, 5.74) is 0.775. The fourth-order valence-corrected chi connectivity index (χ4v) is 2.91. The van der Waals surface area contributed by atoms with Crippen LogP contribution in [0.3, 0.4) is 0 Å². The Morgan fingerprint density at radius 3 is 1.81 bits per heavy atom. The van der Waals surface area contributed by atoms with Crippen molar-refractivity contribution in [3.8, 4) is 0 Å². The van der Waals surface area contributed by atoms with E-state index in [4.69, 9.17) is 0 Å². The van der Waals surface area contributed by atoms with Crippen LogP contribution in [0.15, 0.2) is 30.3 Å². The van der Waals surface area contributed by atoms with Crippen molar-refractivity contribution < 1.29 is 13.2 Å². The van der Waals surface area contributed by atoms with Gasteiger partial charge in [-0.3, -0.25) is 4.79 Å². The fourth-order valence-electron chi connectivity index (χ4n) is 1.42. The summed E-state index contributed by atoms with van der Waals surface area (Å²) in [6.07, 6.45) is 1.75. The molecule has 0 bridgehead atoms. The molecule has 3 nitrogen and oxygen atoms in total. The van der Waals surface area contributed by atoms with Crippen LogP contribution < -0.4 is 0 Å². The molecule has 2 rings (SSSR count). The largest absolute Gasteiger partial charge is 0.295 e. The molecule has 0 atom stereocenters. The Kier molecular flexibility index (Phi) is 4.68. The molecule has 88 valence electrons. The first-order valence-corrected chi connectivity index (χ1v) is 7.10. The second-order valence-electron chi connectivity index (χ2n) is 3.78. The van der Waals surface area contributed by atoms with Gasteiger partial charge in [-0.05, 0) is 19.8 Å². The first-order valence-electron chi connectivity index (χ1n) is 5.28. The number of hydrogen-bond donors (Lipinski definition) is 0. The summed E-state index contributed by atoms with van der Waals surface area (Å²) in [4.78, 5) is 10.6. The fraction of sp³-hybridized carbons (Fsp3) is 0.417. The summed E-state index contributed by atoms with van der Waals surface area (Å²) in [5, 5.41) is 0. The Balaban J connectivity index is 0.000000165. The first-order chi connectivity index (χ1) is 7.51. The molecule has 1 aromatic rings. The van der Waals surface area contributed by atoms with Crippen LogP contribution in [0.2, 0.25) is 0 Å². The van der Waals surface area contributed by atoms with Gasteiger partial charge in [-0.2, -0.15) is 0 Å². The lowest BCUT2D eigenvalue weighted by Crippen LogP contribution is -1.98. The van der Waals surface area contributed by atoms with Crippen LogP contribution in [-0.4, -0.2) is 25.7 Å².